The summed E-state index contributed by atoms with van der Waals surface area (Å²) in [4.78, 5) is 16.4. The van der Waals surface area contributed by atoms with Crippen LogP contribution in [0.5, 0.6) is 5.75 Å². The molecule has 0 amide bonds. The maximum atomic E-state index is 12.4. The zero-order chi connectivity index (χ0) is 17.5. The molecule has 0 saturated carbocycles. The Morgan fingerprint density at radius 3 is 2.38 bits per heavy atom. The highest BCUT2D eigenvalue weighted by Gasteiger charge is 2.20. The second kappa shape index (κ2) is 8.15. The van der Waals surface area contributed by atoms with Crippen LogP contribution in [0.2, 0.25) is 0 Å². The summed E-state index contributed by atoms with van der Waals surface area (Å²) in [6.07, 6.45) is 1.32. The van der Waals surface area contributed by atoms with Crippen LogP contribution in [0.1, 0.15) is 24.5 Å². The second-order valence-electron chi connectivity index (χ2n) is 5.70. The van der Waals surface area contributed by atoms with Crippen molar-refractivity contribution in [2.24, 2.45) is 22.4 Å². The molecule has 0 bridgehead atoms. The molecule has 0 radical (unpaired) electrons. The van der Waals surface area contributed by atoms with Crippen molar-refractivity contribution in [3.05, 3.63) is 59.7 Å². The highest BCUT2D eigenvalue weighted by Crippen LogP contribution is 2.21. The van der Waals surface area contributed by atoms with Gasteiger partial charge in [0.1, 0.15) is 5.75 Å². The van der Waals surface area contributed by atoms with E-state index < -0.39 is 0 Å². The minimum atomic E-state index is -0.208. The van der Waals surface area contributed by atoms with Gasteiger partial charge in [0.25, 0.3) is 0 Å². The highest BCUT2D eigenvalue weighted by atomic mass is 16.5. The number of carbonyl (C=O) groups is 1. The molecule has 24 heavy (non-hydrogen) atoms. The molecule has 5 heteroatoms. The fraction of sp³-hybridized carbons (Fsp3) is 0.263. The Morgan fingerprint density at radius 1 is 1.12 bits per heavy atom. The van der Waals surface area contributed by atoms with Crippen molar-refractivity contribution >= 4 is 17.6 Å². The Balaban J connectivity index is 2.04. The standard InChI is InChI=1S/C19H23N3O2/c1-3-15(18(23)24-17-7-5-4-6-13(17)2)12-14-8-10-16(11-9-14)22-19(20)21/h4-11,15H,3,12H2,1-2H3,(H4,20,21,22). The summed E-state index contributed by atoms with van der Waals surface area (Å²) in [6.45, 7) is 3.91. The second-order valence-corrected chi connectivity index (χ2v) is 5.70. The topological polar surface area (TPSA) is 90.7 Å². The fourth-order valence-electron chi connectivity index (χ4n) is 2.40. The Bertz CT molecular complexity index is 720. The molecule has 0 heterocycles. The third kappa shape index (κ3) is 4.84. The predicted molar refractivity (Wildman–Crippen MR) is 96.2 cm³/mol. The number of guanidine groups is 1. The Labute approximate surface area is 142 Å². The first-order valence-electron chi connectivity index (χ1n) is 7.95. The number of hydrogen-bond donors (Lipinski definition) is 2. The molecule has 126 valence electrons. The minimum absolute atomic E-state index is 0.0241. The molecule has 1 atom stereocenters. The maximum Gasteiger partial charge on any atom is 0.314 e. The van der Waals surface area contributed by atoms with E-state index in [1.54, 1.807) is 0 Å². The molecule has 2 aromatic rings. The van der Waals surface area contributed by atoms with E-state index in [-0.39, 0.29) is 17.8 Å². The summed E-state index contributed by atoms with van der Waals surface area (Å²) in [5.41, 5.74) is 13.4. The van der Waals surface area contributed by atoms with Crippen LogP contribution in [0.3, 0.4) is 0 Å². The lowest BCUT2D eigenvalue weighted by molar-refractivity contribution is -0.139. The molecule has 5 nitrogen and oxygen atoms in total. The Morgan fingerprint density at radius 2 is 1.79 bits per heavy atom. The number of aliphatic imine (C=N–C) groups is 1. The molecular weight excluding hydrogens is 302 g/mol. The molecule has 4 N–H and O–H groups in total. The molecule has 0 spiro atoms. The average Bonchev–Trinajstić information content (AvgIpc) is 2.55. The number of aryl methyl sites for hydroxylation is 1. The van der Waals surface area contributed by atoms with Gasteiger partial charge in [-0.2, -0.15) is 0 Å². The van der Waals surface area contributed by atoms with Crippen LogP contribution in [0, 0.1) is 12.8 Å². The number of rotatable bonds is 6. The fourth-order valence-corrected chi connectivity index (χ4v) is 2.40. The summed E-state index contributed by atoms with van der Waals surface area (Å²) in [7, 11) is 0. The molecule has 1 unspecified atom stereocenters. The van der Waals surface area contributed by atoms with Gasteiger partial charge < -0.3 is 16.2 Å². The quantitative estimate of drug-likeness (QED) is 0.369. The molecule has 0 aliphatic carbocycles. The lowest BCUT2D eigenvalue weighted by atomic mass is 9.97. The minimum Gasteiger partial charge on any atom is -0.426 e. The predicted octanol–water partition coefficient (Wildman–Crippen LogP) is 3.07. The van der Waals surface area contributed by atoms with Gasteiger partial charge in [0, 0.05) is 0 Å². The van der Waals surface area contributed by atoms with Gasteiger partial charge in [-0.15, -0.1) is 0 Å². The zero-order valence-corrected chi connectivity index (χ0v) is 14.0. The van der Waals surface area contributed by atoms with E-state index >= 15 is 0 Å². The number of esters is 1. The number of hydrogen-bond acceptors (Lipinski definition) is 3. The molecule has 0 saturated heterocycles. The van der Waals surface area contributed by atoms with Crippen molar-refractivity contribution in [3.8, 4) is 5.75 Å². The van der Waals surface area contributed by atoms with Crippen molar-refractivity contribution in [2.45, 2.75) is 26.7 Å². The first kappa shape index (κ1) is 17.5. The summed E-state index contributed by atoms with van der Waals surface area (Å²) < 4.78 is 5.55. The van der Waals surface area contributed by atoms with E-state index in [1.165, 1.54) is 0 Å². The number of para-hydroxylation sites is 1. The molecule has 0 aliphatic rings. The maximum absolute atomic E-state index is 12.4. The third-order valence-electron chi connectivity index (χ3n) is 3.81. The summed E-state index contributed by atoms with van der Waals surface area (Å²) >= 11 is 0. The van der Waals surface area contributed by atoms with Crippen LogP contribution in [-0.2, 0) is 11.2 Å². The molecule has 0 fully saturated rings. The average molecular weight is 325 g/mol. The lowest BCUT2D eigenvalue weighted by Gasteiger charge is -2.15. The van der Waals surface area contributed by atoms with Gasteiger partial charge in [0.15, 0.2) is 5.96 Å². The van der Waals surface area contributed by atoms with Crippen molar-refractivity contribution < 1.29 is 9.53 Å². The highest BCUT2D eigenvalue weighted by molar-refractivity contribution is 5.79. The van der Waals surface area contributed by atoms with Crippen LogP contribution in [0.4, 0.5) is 5.69 Å². The van der Waals surface area contributed by atoms with Crippen molar-refractivity contribution in [1.82, 2.24) is 0 Å². The van der Waals surface area contributed by atoms with Crippen LogP contribution >= 0.6 is 0 Å². The molecule has 2 rings (SSSR count). The van der Waals surface area contributed by atoms with Gasteiger partial charge in [0.2, 0.25) is 0 Å². The number of nitrogens with zero attached hydrogens (tertiary/aromatic N) is 1. The van der Waals surface area contributed by atoms with E-state index in [9.17, 15) is 4.79 Å². The zero-order valence-electron chi connectivity index (χ0n) is 14.0. The van der Waals surface area contributed by atoms with Crippen LogP contribution in [0.25, 0.3) is 0 Å². The summed E-state index contributed by atoms with van der Waals surface area (Å²) in [5.74, 6) is 0.235. The molecular formula is C19H23N3O2. The van der Waals surface area contributed by atoms with Gasteiger partial charge >= 0.3 is 5.97 Å². The van der Waals surface area contributed by atoms with Gasteiger partial charge in [-0.1, -0.05) is 37.3 Å². The van der Waals surface area contributed by atoms with Crippen molar-refractivity contribution in [1.29, 1.82) is 0 Å². The Kier molecular flexibility index (Phi) is 5.95. The normalized spacial score (nSPS) is 11.6. The van der Waals surface area contributed by atoms with E-state index in [2.05, 4.69) is 4.99 Å². The smallest absolute Gasteiger partial charge is 0.314 e. The van der Waals surface area contributed by atoms with Crippen LogP contribution < -0.4 is 16.2 Å². The van der Waals surface area contributed by atoms with Crippen molar-refractivity contribution in [2.75, 3.05) is 0 Å². The van der Waals surface area contributed by atoms with Crippen molar-refractivity contribution in [3.63, 3.8) is 0 Å². The van der Waals surface area contributed by atoms with E-state index in [1.807, 2.05) is 62.4 Å². The summed E-state index contributed by atoms with van der Waals surface area (Å²) in [5, 5.41) is 0. The van der Waals surface area contributed by atoms with Gasteiger partial charge in [-0.05, 0) is 49.1 Å². The SMILES string of the molecule is CCC(Cc1ccc(N=C(N)N)cc1)C(=O)Oc1ccccc1C. The largest absolute Gasteiger partial charge is 0.426 e. The van der Waals surface area contributed by atoms with Gasteiger partial charge in [0.05, 0.1) is 11.6 Å². The number of nitrogens with two attached hydrogens (primary N) is 2. The first-order chi connectivity index (χ1) is 11.5. The monoisotopic (exact) mass is 325 g/mol. The van der Waals surface area contributed by atoms with E-state index in [0.29, 0.717) is 24.3 Å². The van der Waals surface area contributed by atoms with E-state index in [4.69, 9.17) is 16.2 Å². The third-order valence-corrected chi connectivity index (χ3v) is 3.81. The number of ether oxygens (including phenoxy) is 1. The first-order valence-corrected chi connectivity index (χ1v) is 7.95. The molecule has 0 aromatic heterocycles. The van der Waals surface area contributed by atoms with Crippen LogP contribution in [0.15, 0.2) is 53.5 Å². The number of carbonyl (C=O) groups excluding carboxylic acids is 1. The lowest BCUT2D eigenvalue weighted by Crippen LogP contribution is -2.22. The van der Waals surface area contributed by atoms with E-state index in [0.717, 1.165) is 11.1 Å². The van der Waals surface area contributed by atoms with Crippen LogP contribution in [-0.4, -0.2) is 11.9 Å². The van der Waals surface area contributed by atoms with Gasteiger partial charge in [-0.3, -0.25) is 4.79 Å². The summed E-state index contributed by atoms with van der Waals surface area (Å²) in [6, 6.07) is 15.0. The molecule has 0 aliphatic heterocycles. The Hall–Kier alpha value is -2.82. The molecule has 2 aromatic carbocycles. The number of benzene rings is 2. The van der Waals surface area contributed by atoms with Gasteiger partial charge in [-0.25, -0.2) is 4.99 Å².